The average Bonchev–Trinajstić information content (AvgIpc) is 2.25. The molecule has 4 heteroatoms. The molecule has 0 radical (unpaired) electrons. The fourth-order valence-corrected chi connectivity index (χ4v) is 2.18. The minimum atomic E-state index is -0.189. The zero-order chi connectivity index (χ0) is 11.5. The second-order valence-electron chi connectivity index (χ2n) is 4.05. The molecule has 2 nitrogen and oxygen atoms in total. The summed E-state index contributed by atoms with van der Waals surface area (Å²) in [6.07, 6.45) is 1.19. The molecule has 1 saturated heterocycles. The monoisotopic (exact) mass is 285 g/mol. The van der Waals surface area contributed by atoms with Crippen LogP contribution in [-0.4, -0.2) is 23.8 Å². The van der Waals surface area contributed by atoms with E-state index in [1.54, 1.807) is 6.07 Å². The van der Waals surface area contributed by atoms with Crippen molar-refractivity contribution in [2.45, 2.75) is 19.4 Å². The molecule has 0 amide bonds. The molecule has 0 bridgehead atoms. The van der Waals surface area contributed by atoms with Crippen molar-refractivity contribution in [3.05, 3.63) is 34.1 Å². The fraction of sp³-hybridized carbons (Fsp3) is 0.417. The van der Waals surface area contributed by atoms with Gasteiger partial charge in [-0.25, -0.2) is 4.39 Å². The maximum Gasteiger partial charge on any atom is 0.135 e. The number of carbonyl (C=O) groups is 1. The van der Waals surface area contributed by atoms with Crippen molar-refractivity contribution in [3.63, 3.8) is 0 Å². The van der Waals surface area contributed by atoms with Gasteiger partial charge in [-0.2, -0.15) is 0 Å². The van der Waals surface area contributed by atoms with Gasteiger partial charge in [0.05, 0.1) is 0 Å². The molecule has 0 saturated carbocycles. The van der Waals surface area contributed by atoms with Crippen LogP contribution < -0.4 is 0 Å². The number of ketones is 1. The van der Waals surface area contributed by atoms with E-state index in [1.807, 2.05) is 6.07 Å². The first-order valence-corrected chi connectivity index (χ1v) is 6.12. The topological polar surface area (TPSA) is 20.3 Å². The Morgan fingerprint density at radius 3 is 2.62 bits per heavy atom. The van der Waals surface area contributed by atoms with Gasteiger partial charge in [-0.1, -0.05) is 22.0 Å². The van der Waals surface area contributed by atoms with Gasteiger partial charge >= 0.3 is 0 Å². The molecule has 16 heavy (non-hydrogen) atoms. The summed E-state index contributed by atoms with van der Waals surface area (Å²) in [5, 5.41) is 0. The lowest BCUT2D eigenvalue weighted by molar-refractivity contribution is -0.121. The van der Waals surface area contributed by atoms with Crippen LogP contribution in [0.4, 0.5) is 4.39 Å². The van der Waals surface area contributed by atoms with E-state index in [2.05, 4.69) is 20.8 Å². The molecule has 1 fully saturated rings. The SMILES string of the molecule is O=C1CCN(Cc2ccc(Br)cc2F)CC1. The average molecular weight is 286 g/mol. The highest BCUT2D eigenvalue weighted by molar-refractivity contribution is 9.10. The Morgan fingerprint density at radius 2 is 2.00 bits per heavy atom. The molecule has 86 valence electrons. The quantitative estimate of drug-likeness (QED) is 0.833. The number of Topliss-reactive ketones (excluding diaryl/α,β-unsaturated/α-hetero) is 1. The number of nitrogens with zero attached hydrogens (tertiary/aromatic N) is 1. The Hall–Kier alpha value is -0.740. The molecule has 0 atom stereocenters. The summed E-state index contributed by atoms with van der Waals surface area (Å²) < 4.78 is 14.3. The van der Waals surface area contributed by atoms with Crippen LogP contribution in [0.25, 0.3) is 0 Å². The van der Waals surface area contributed by atoms with Gasteiger partial charge in [-0.15, -0.1) is 0 Å². The van der Waals surface area contributed by atoms with Gasteiger partial charge in [0.2, 0.25) is 0 Å². The lowest BCUT2D eigenvalue weighted by atomic mass is 10.1. The summed E-state index contributed by atoms with van der Waals surface area (Å²) in [7, 11) is 0. The molecule has 0 unspecified atom stereocenters. The summed E-state index contributed by atoms with van der Waals surface area (Å²) in [4.78, 5) is 13.2. The second-order valence-corrected chi connectivity index (χ2v) is 4.97. The molecule has 1 aromatic rings. The first-order valence-electron chi connectivity index (χ1n) is 5.33. The van der Waals surface area contributed by atoms with Crippen LogP contribution in [-0.2, 0) is 11.3 Å². The van der Waals surface area contributed by atoms with Gasteiger partial charge in [0.1, 0.15) is 11.6 Å². The van der Waals surface area contributed by atoms with Crippen molar-refractivity contribution >= 4 is 21.7 Å². The molecule has 2 rings (SSSR count). The molecule has 0 spiro atoms. The predicted molar refractivity (Wildman–Crippen MR) is 63.6 cm³/mol. The third kappa shape index (κ3) is 2.89. The highest BCUT2D eigenvalue weighted by atomic mass is 79.9. The molecule has 1 heterocycles. The van der Waals surface area contributed by atoms with E-state index in [-0.39, 0.29) is 5.82 Å². The molecule has 0 aromatic heterocycles. The van der Waals surface area contributed by atoms with Gasteiger partial charge in [0.15, 0.2) is 0 Å². The van der Waals surface area contributed by atoms with Gasteiger partial charge in [0, 0.05) is 42.5 Å². The lowest BCUT2D eigenvalue weighted by Crippen LogP contribution is -2.33. The van der Waals surface area contributed by atoms with E-state index in [4.69, 9.17) is 0 Å². The number of hydrogen-bond acceptors (Lipinski definition) is 2. The van der Waals surface area contributed by atoms with Crippen LogP contribution in [0.1, 0.15) is 18.4 Å². The lowest BCUT2D eigenvalue weighted by Gasteiger charge is -2.25. The maximum absolute atomic E-state index is 13.6. The minimum absolute atomic E-state index is 0.189. The summed E-state index contributed by atoms with van der Waals surface area (Å²) in [6.45, 7) is 2.08. The molecule has 1 aliphatic rings. The van der Waals surface area contributed by atoms with Crippen molar-refractivity contribution in [3.8, 4) is 0 Å². The van der Waals surface area contributed by atoms with Crippen molar-refractivity contribution in [2.75, 3.05) is 13.1 Å². The van der Waals surface area contributed by atoms with Gasteiger partial charge < -0.3 is 0 Å². The molecule has 1 aliphatic heterocycles. The van der Waals surface area contributed by atoms with E-state index in [1.165, 1.54) is 6.07 Å². The van der Waals surface area contributed by atoms with E-state index in [0.717, 1.165) is 17.6 Å². The smallest absolute Gasteiger partial charge is 0.135 e. The van der Waals surface area contributed by atoms with Crippen molar-refractivity contribution in [1.82, 2.24) is 4.90 Å². The molecule has 0 aliphatic carbocycles. The third-order valence-electron chi connectivity index (χ3n) is 2.82. The van der Waals surface area contributed by atoms with Crippen molar-refractivity contribution in [2.24, 2.45) is 0 Å². The Balaban J connectivity index is 2.01. The summed E-state index contributed by atoms with van der Waals surface area (Å²) in [6, 6.07) is 5.10. The standard InChI is InChI=1S/C12H13BrFNO/c13-10-2-1-9(12(14)7-10)8-15-5-3-11(16)4-6-15/h1-2,7H,3-6,8H2. The number of carbonyl (C=O) groups excluding carboxylic acids is 1. The Bertz CT molecular complexity index is 398. The van der Waals surface area contributed by atoms with Gasteiger partial charge in [-0.05, 0) is 12.1 Å². The third-order valence-corrected chi connectivity index (χ3v) is 3.32. The Labute approximate surface area is 103 Å². The van der Waals surface area contributed by atoms with E-state index in [9.17, 15) is 9.18 Å². The first-order chi connectivity index (χ1) is 7.65. The summed E-state index contributed by atoms with van der Waals surface area (Å²) >= 11 is 3.23. The van der Waals surface area contributed by atoms with Gasteiger partial charge in [-0.3, -0.25) is 9.69 Å². The van der Waals surface area contributed by atoms with Crippen LogP contribution in [0.5, 0.6) is 0 Å². The van der Waals surface area contributed by atoms with Crippen LogP contribution >= 0.6 is 15.9 Å². The largest absolute Gasteiger partial charge is 0.300 e. The maximum atomic E-state index is 13.6. The zero-order valence-corrected chi connectivity index (χ0v) is 10.5. The predicted octanol–water partition coefficient (Wildman–Crippen LogP) is 2.75. The fourth-order valence-electron chi connectivity index (χ4n) is 1.85. The number of likely N-dealkylation sites (tertiary alicyclic amines) is 1. The minimum Gasteiger partial charge on any atom is -0.300 e. The number of hydrogen-bond donors (Lipinski definition) is 0. The van der Waals surface area contributed by atoms with Crippen LogP contribution in [0.15, 0.2) is 22.7 Å². The zero-order valence-electron chi connectivity index (χ0n) is 8.88. The highest BCUT2D eigenvalue weighted by Crippen LogP contribution is 2.18. The second kappa shape index (κ2) is 5.06. The Morgan fingerprint density at radius 1 is 1.31 bits per heavy atom. The van der Waals surface area contributed by atoms with E-state index in [0.29, 0.717) is 30.7 Å². The molecular formula is C12H13BrFNO. The number of benzene rings is 1. The highest BCUT2D eigenvalue weighted by Gasteiger charge is 2.17. The van der Waals surface area contributed by atoms with Crippen molar-refractivity contribution < 1.29 is 9.18 Å². The van der Waals surface area contributed by atoms with Crippen LogP contribution in [0.2, 0.25) is 0 Å². The number of halogens is 2. The van der Waals surface area contributed by atoms with Crippen LogP contribution in [0, 0.1) is 5.82 Å². The molecule has 0 N–H and O–H groups in total. The van der Waals surface area contributed by atoms with E-state index < -0.39 is 0 Å². The number of piperidine rings is 1. The van der Waals surface area contributed by atoms with E-state index >= 15 is 0 Å². The number of rotatable bonds is 2. The normalized spacial score (nSPS) is 17.8. The summed E-state index contributed by atoms with van der Waals surface area (Å²) in [5.41, 5.74) is 0.692. The van der Waals surface area contributed by atoms with Crippen molar-refractivity contribution in [1.29, 1.82) is 0 Å². The summed E-state index contributed by atoms with van der Waals surface area (Å²) in [5.74, 6) is 0.124. The van der Waals surface area contributed by atoms with Gasteiger partial charge in [0.25, 0.3) is 0 Å². The van der Waals surface area contributed by atoms with Crippen LogP contribution in [0.3, 0.4) is 0 Å². The Kier molecular flexibility index (Phi) is 3.71. The first kappa shape index (κ1) is 11.7. The molecule has 1 aromatic carbocycles. The molecular weight excluding hydrogens is 273 g/mol.